The second-order valence-corrected chi connectivity index (χ2v) is 5.74. The summed E-state index contributed by atoms with van der Waals surface area (Å²) >= 11 is 0. The summed E-state index contributed by atoms with van der Waals surface area (Å²) in [4.78, 5) is 24.1. The van der Waals surface area contributed by atoms with Crippen molar-refractivity contribution < 1.29 is 4.79 Å². The number of H-pyrrole nitrogens is 1. The molecule has 6 heteroatoms. The predicted molar refractivity (Wildman–Crippen MR) is 81.4 cm³/mol. The maximum absolute atomic E-state index is 11.8. The molecule has 2 aromatic rings. The molecule has 2 fully saturated rings. The van der Waals surface area contributed by atoms with Crippen LogP contribution in [0.15, 0.2) is 24.3 Å². The number of para-hydroxylation sites is 2. The zero-order chi connectivity index (χ0) is 14.2. The molecule has 3 heterocycles. The molecule has 1 aromatic heterocycles. The quantitative estimate of drug-likeness (QED) is 0.880. The first-order chi connectivity index (χ1) is 10.3. The summed E-state index contributed by atoms with van der Waals surface area (Å²) in [5.41, 5.74) is 2.06. The normalized spacial score (nSPS) is 22.9. The number of aromatic nitrogens is 2. The minimum absolute atomic E-state index is 0.0754. The van der Waals surface area contributed by atoms with Crippen LogP contribution in [0, 0.1) is 0 Å². The van der Waals surface area contributed by atoms with E-state index in [0.717, 1.165) is 56.0 Å². The number of imidazole rings is 1. The molecule has 1 atom stereocenters. The van der Waals surface area contributed by atoms with Crippen molar-refractivity contribution >= 4 is 23.0 Å². The van der Waals surface area contributed by atoms with Gasteiger partial charge in [-0.15, -0.1) is 0 Å². The molecule has 6 nitrogen and oxygen atoms in total. The van der Waals surface area contributed by atoms with E-state index in [0.29, 0.717) is 0 Å². The molecule has 2 amide bonds. The van der Waals surface area contributed by atoms with Crippen LogP contribution in [0.25, 0.3) is 11.0 Å². The maximum atomic E-state index is 11.8. The van der Waals surface area contributed by atoms with Crippen molar-refractivity contribution in [2.45, 2.75) is 18.9 Å². The van der Waals surface area contributed by atoms with Gasteiger partial charge in [-0.25, -0.2) is 9.78 Å². The van der Waals surface area contributed by atoms with E-state index < -0.39 is 0 Å². The molecule has 4 rings (SSSR count). The van der Waals surface area contributed by atoms with Crippen LogP contribution in [0.2, 0.25) is 0 Å². The lowest BCUT2D eigenvalue weighted by Gasteiger charge is -2.36. The Morgan fingerprint density at radius 2 is 2.14 bits per heavy atom. The van der Waals surface area contributed by atoms with Gasteiger partial charge in [-0.05, 0) is 25.0 Å². The molecule has 2 saturated heterocycles. The molecular weight excluding hydrogens is 266 g/mol. The first kappa shape index (κ1) is 12.5. The summed E-state index contributed by atoms with van der Waals surface area (Å²) in [6, 6.07) is 8.44. The zero-order valence-electron chi connectivity index (χ0n) is 11.9. The number of carbonyl (C=O) groups is 1. The van der Waals surface area contributed by atoms with Crippen LogP contribution in [0.5, 0.6) is 0 Å². The molecule has 0 bridgehead atoms. The maximum Gasteiger partial charge on any atom is 0.317 e. The molecule has 2 aliphatic heterocycles. The highest BCUT2D eigenvalue weighted by Gasteiger charge is 2.32. The van der Waals surface area contributed by atoms with Crippen LogP contribution < -0.4 is 10.2 Å². The van der Waals surface area contributed by atoms with E-state index in [9.17, 15) is 4.79 Å². The first-order valence-electron chi connectivity index (χ1n) is 7.55. The summed E-state index contributed by atoms with van der Waals surface area (Å²) in [5, 5.41) is 2.89. The fourth-order valence-electron chi connectivity index (χ4n) is 3.33. The number of hydrogen-bond donors (Lipinski definition) is 2. The van der Waals surface area contributed by atoms with Crippen molar-refractivity contribution in [1.82, 2.24) is 20.2 Å². The van der Waals surface area contributed by atoms with Crippen LogP contribution in [0.1, 0.15) is 12.8 Å². The van der Waals surface area contributed by atoms with E-state index in [1.165, 1.54) is 0 Å². The minimum atomic E-state index is 0.0754. The van der Waals surface area contributed by atoms with Gasteiger partial charge in [0.25, 0.3) is 0 Å². The number of urea groups is 1. The van der Waals surface area contributed by atoms with Gasteiger partial charge in [-0.1, -0.05) is 12.1 Å². The van der Waals surface area contributed by atoms with Gasteiger partial charge in [0.05, 0.1) is 17.1 Å². The second kappa shape index (κ2) is 4.95. The summed E-state index contributed by atoms with van der Waals surface area (Å²) in [6.07, 6.45) is 2.16. The number of benzene rings is 1. The molecule has 0 spiro atoms. The molecule has 0 saturated carbocycles. The Bertz CT molecular complexity index is 634. The Labute approximate surface area is 123 Å². The van der Waals surface area contributed by atoms with Gasteiger partial charge >= 0.3 is 6.03 Å². The predicted octanol–water partition coefficient (Wildman–Crippen LogP) is 1.56. The van der Waals surface area contributed by atoms with Crippen molar-refractivity contribution in [3.8, 4) is 0 Å². The SMILES string of the molecule is O=C1NCCN1C1CCCN(c2nc3ccccc3[nH]2)C1. The number of carbonyl (C=O) groups excluding carboxylic acids is 1. The lowest BCUT2D eigenvalue weighted by atomic mass is 10.0. The summed E-state index contributed by atoms with van der Waals surface area (Å²) in [7, 11) is 0. The fraction of sp³-hybridized carbons (Fsp3) is 0.467. The first-order valence-corrected chi connectivity index (χ1v) is 7.55. The number of anilines is 1. The monoisotopic (exact) mass is 285 g/mol. The second-order valence-electron chi connectivity index (χ2n) is 5.74. The number of nitrogens with zero attached hydrogens (tertiary/aromatic N) is 3. The van der Waals surface area contributed by atoms with E-state index in [4.69, 9.17) is 0 Å². The highest BCUT2D eigenvalue weighted by molar-refractivity contribution is 5.78. The topological polar surface area (TPSA) is 64.3 Å². The average Bonchev–Trinajstić information content (AvgIpc) is 3.13. The Morgan fingerprint density at radius 3 is 2.95 bits per heavy atom. The largest absolute Gasteiger partial charge is 0.340 e. The number of amides is 2. The number of aromatic amines is 1. The third-order valence-corrected chi connectivity index (χ3v) is 4.40. The Morgan fingerprint density at radius 1 is 1.24 bits per heavy atom. The smallest absolute Gasteiger partial charge is 0.317 e. The minimum Gasteiger partial charge on any atom is -0.340 e. The van der Waals surface area contributed by atoms with Crippen molar-refractivity contribution in [2.75, 3.05) is 31.1 Å². The van der Waals surface area contributed by atoms with Crippen LogP contribution in [0.3, 0.4) is 0 Å². The fourth-order valence-corrected chi connectivity index (χ4v) is 3.33. The van der Waals surface area contributed by atoms with E-state index in [2.05, 4.69) is 20.2 Å². The molecule has 1 unspecified atom stereocenters. The number of fused-ring (bicyclic) bond motifs is 1. The van der Waals surface area contributed by atoms with Gasteiger partial charge < -0.3 is 20.1 Å². The van der Waals surface area contributed by atoms with Gasteiger partial charge in [0.2, 0.25) is 5.95 Å². The Balaban J connectivity index is 1.56. The molecule has 0 aliphatic carbocycles. The van der Waals surface area contributed by atoms with Crippen molar-refractivity contribution in [2.24, 2.45) is 0 Å². The van der Waals surface area contributed by atoms with Crippen LogP contribution >= 0.6 is 0 Å². The molecule has 2 aliphatic rings. The van der Waals surface area contributed by atoms with Crippen LogP contribution in [-0.2, 0) is 0 Å². The summed E-state index contributed by atoms with van der Waals surface area (Å²) in [5.74, 6) is 0.917. The summed E-state index contributed by atoms with van der Waals surface area (Å²) in [6.45, 7) is 3.43. The molecule has 21 heavy (non-hydrogen) atoms. The van der Waals surface area contributed by atoms with Gasteiger partial charge in [-0.3, -0.25) is 0 Å². The number of hydrogen-bond acceptors (Lipinski definition) is 3. The number of rotatable bonds is 2. The standard InChI is InChI=1S/C15H19N5O/c21-15-16-7-9-20(15)11-4-3-8-19(10-11)14-17-12-5-1-2-6-13(12)18-14/h1-2,5-6,11H,3-4,7-10H2,(H,16,21)(H,17,18). The van der Waals surface area contributed by atoms with Gasteiger partial charge in [0.1, 0.15) is 0 Å². The van der Waals surface area contributed by atoms with Crippen LogP contribution in [0.4, 0.5) is 10.7 Å². The van der Waals surface area contributed by atoms with E-state index in [-0.39, 0.29) is 12.1 Å². The van der Waals surface area contributed by atoms with E-state index in [1.54, 1.807) is 0 Å². The molecule has 0 radical (unpaired) electrons. The number of piperidine rings is 1. The zero-order valence-corrected chi connectivity index (χ0v) is 11.9. The third-order valence-electron chi connectivity index (χ3n) is 4.40. The van der Waals surface area contributed by atoms with Crippen LogP contribution in [-0.4, -0.2) is 53.1 Å². The summed E-state index contributed by atoms with van der Waals surface area (Å²) < 4.78 is 0. The molecule has 110 valence electrons. The Kier molecular flexibility index (Phi) is 2.94. The van der Waals surface area contributed by atoms with Gasteiger partial charge in [0.15, 0.2) is 0 Å². The molecule has 1 aromatic carbocycles. The highest BCUT2D eigenvalue weighted by atomic mass is 16.2. The lowest BCUT2D eigenvalue weighted by Crippen LogP contribution is -2.49. The van der Waals surface area contributed by atoms with E-state index >= 15 is 0 Å². The van der Waals surface area contributed by atoms with Gasteiger partial charge in [0, 0.05) is 26.2 Å². The number of nitrogens with one attached hydrogen (secondary N) is 2. The highest BCUT2D eigenvalue weighted by Crippen LogP contribution is 2.23. The van der Waals surface area contributed by atoms with Crippen molar-refractivity contribution in [1.29, 1.82) is 0 Å². The van der Waals surface area contributed by atoms with Crippen molar-refractivity contribution in [3.05, 3.63) is 24.3 Å². The van der Waals surface area contributed by atoms with Gasteiger partial charge in [-0.2, -0.15) is 0 Å². The third kappa shape index (κ3) is 2.20. The average molecular weight is 285 g/mol. The van der Waals surface area contributed by atoms with E-state index in [1.807, 2.05) is 29.2 Å². The molecular formula is C15H19N5O. The molecule has 2 N–H and O–H groups in total. The Hall–Kier alpha value is -2.24. The lowest BCUT2D eigenvalue weighted by molar-refractivity contribution is 0.189. The van der Waals surface area contributed by atoms with Crippen molar-refractivity contribution in [3.63, 3.8) is 0 Å².